The van der Waals surface area contributed by atoms with Crippen LogP contribution in [0.4, 0.5) is 11.5 Å². The fraction of sp³-hybridized carbons (Fsp3) is 0.0769. The fourth-order valence-corrected chi connectivity index (χ4v) is 2.14. The zero-order valence-electron chi connectivity index (χ0n) is 10.1. The van der Waals surface area contributed by atoms with Crippen molar-refractivity contribution in [2.24, 2.45) is 0 Å². The second-order valence-corrected chi connectivity index (χ2v) is 4.63. The molecular weight excluding hydrogens is 285 g/mol. The van der Waals surface area contributed by atoms with Gasteiger partial charge < -0.3 is 10.6 Å². The first-order valence-electron chi connectivity index (χ1n) is 5.50. The van der Waals surface area contributed by atoms with Crippen molar-refractivity contribution in [1.29, 1.82) is 0 Å². The molecule has 1 amide bonds. The average Bonchev–Trinajstić information content (AvgIpc) is 2.37. The summed E-state index contributed by atoms with van der Waals surface area (Å²) in [6.45, 7) is 0. The zero-order valence-corrected chi connectivity index (χ0v) is 11.6. The van der Waals surface area contributed by atoms with Crippen LogP contribution in [0, 0.1) is 0 Å². The summed E-state index contributed by atoms with van der Waals surface area (Å²) in [5.74, 6) is 0.226. The monoisotopic (exact) mass is 295 g/mol. The number of halogens is 2. The molecule has 0 saturated heterocycles. The maximum absolute atomic E-state index is 12.1. The zero-order chi connectivity index (χ0) is 13.8. The Morgan fingerprint density at radius 2 is 1.89 bits per heavy atom. The molecule has 0 spiro atoms. The van der Waals surface area contributed by atoms with Crippen molar-refractivity contribution in [3.8, 4) is 0 Å². The highest BCUT2D eigenvalue weighted by molar-refractivity contribution is 6.35. The van der Waals surface area contributed by atoms with Crippen molar-refractivity contribution in [2.75, 3.05) is 17.7 Å². The maximum atomic E-state index is 12.1. The summed E-state index contributed by atoms with van der Waals surface area (Å²) in [6, 6.07) is 8.23. The molecule has 0 unspecified atom stereocenters. The number of carbonyl (C=O) groups is 1. The second kappa shape index (κ2) is 5.91. The van der Waals surface area contributed by atoms with Gasteiger partial charge in [0.25, 0.3) is 5.91 Å². The molecule has 0 saturated carbocycles. The van der Waals surface area contributed by atoms with Gasteiger partial charge in [0.15, 0.2) is 0 Å². The van der Waals surface area contributed by atoms with Crippen LogP contribution >= 0.6 is 23.2 Å². The highest BCUT2D eigenvalue weighted by Gasteiger charge is 2.11. The number of pyridine rings is 1. The standard InChI is InChI=1S/C13H11Cl2N3O/c1-16-12-11(3-2-4-17-12)13(19)18-10-6-8(14)5-9(15)7-10/h2-7H,1H3,(H,16,17)(H,18,19). The van der Waals surface area contributed by atoms with Crippen molar-refractivity contribution >= 4 is 40.6 Å². The van der Waals surface area contributed by atoms with Gasteiger partial charge in [-0.25, -0.2) is 4.98 Å². The van der Waals surface area contributed by atoms with E-state index in [1.165, 1.54) is 0 Å². The topological polar surface area (TPSA) is 54.0 Å². The lowest BCUT2D eigenvalue weighted by Crippen LogP contribution is -2.14. The number of hydrogen-bond donors (Lipinski definition) is 2. The molecule has 0 fully saturated rings. The Balaban J connectivity index is 2.25. The van der Waals surface area contributed by atoms with E-state index in [2.05, 4.69) is 15.6 Å². The Bertz CT molecular complexity index is 596. The number of nitrogens with one attached hydrogen (secondary N) is 2. The number of rotatable bonds is 3. The molecule has 19 heavy (non-hydrogen) atoms. The lowest BCUT2D eigenvalue weighted by atomic mass is 10.2. The molecule has 0 aliphatic carbocycles. The predicted octanol–water partition coefficient (Wildman–Crippen LogP) is 3.68. The van der Waals surface area contributed by atoms with E-state index in [4.69, 9.17) is 23.2 Å². The van der Waals surface area contributed by atoms with Crippen LogP contribution in [0.5, 0.6) is 0 Å². The predicted molar refractivity (Wildman–Crippen MR) is 78.2 cm³/mol. The number of aromatic nitrogens is 1. The molecule has 0 aliphatic rings. The minimum absolute atomic E-state index is 0.282. The van der Waals surface area contributed by atoms with Gasteiger partial charge in [0.05, 0.1) is 5.56 Å². The Morgan fingerprint density at radius 3 is 2.53 bits per heavy atom. The van der Waals surface area contributed by atoms with E-state index in [9.17, 15) is 4.79 Å². The van der Waals surface area contributed by atoms with Gasteiger partial charge in [-0.05, 0) is 30.3 Å². The first-order chi connectivity index (χ1) is 9.10. The SMILES string of the molecule is CNc1ncccc1C(=O)Nc1cc(Cl)cc(Cl)c1. The average molecular weight is 296 g/mol. The van der Waals surface area contributed by atoms with E-state index in [0.717, 1.165) is 0 Å². The van der Waals surface area contributed by atoms with Crippen LogP contribution in [-0.4, -0.2) is 17.9 Å². The van der Waals surface area contributed by atoms with Crippen LogP contribution in [0.1, 0.15) is 10.4 Å². The minimum atomic E-state index is -0.282. The lowest BCUT2D eigenvalue weighted by molar-refractivity contribution is 0.102. The van der Waals surface area contributed by atoms with Crippen molar-refractivity contribution in [3.63, 3.8) is 0 Å². The van der Waals surface area contributed by atoms with Crippen LogP contribution in [0.2, 0.25) is 10.0 Å². The van der Waals surface area contributed by atoms with Gasteiger partial charge in [-0.1, -0.05) is 23.2 Å². The fourth-order valence-electron chi connectivity index (χ4n) is 1.61. The first kappa shape index (κ1) is 13.6. The van der Waals surface area contributed by atoms with Gasteiger partial charge in [0, 0.05) is 29.0 Å². The summed E-state index contributed by atoms with van der Waals surface area (Å²) in [7, 11) is 1.70. The quantitative estimate of drug-likeness (QED) is 0.908. The summed E-state index contributed by atoms with van der Waals surface area (Å²) in [4.78, 5) is 16.2. The Morgan fingerprint density at radius 1 is 1.21 bits per heavy atom. The van der Waals surface area contributed by atoms with Crippen LogP contribution in [-0.2, 0) is 0 Å². The third-order valence-corrected chi connectivity index (χ3v) is 2.85. The lowest BCUT2D eigenvalue weighted by Gasteiger charge is -2.09. The molecule has 6 heteroatoms. The minimum Gasteiger partial charge on any atom is -0.372 e. The van der Waals surface area contributed by atoms with Crippen molar-refractivity contribution in [1.82, 2.24) is 4.98 Å². The van der Waals surface area contributed by atoms with Crippen molar-refractivity contribution in [2.45, 2.75) is 0 Å². The highest BCUT2D eigenvalue weighted by atomic mass is 35.5. The summed E-state index contributed by atoms with van der Waals surface area (Å²) in [5.41, 5.74) is 0.981. The number of nitrogens with zero attached hydrogens (tertiary/aromatic N) is 1. The number of anilines is 2. The molecule has 2 N–H and O–H groups in total. The molecule has 1 aromatic carbocycles. The van der Waals surface area contributed by atoms with E-state index < -0.39 is 0 Å². The van der Waals surface area contributed by atoms with Crippen molar-refractivity contribution in [3.05, 3.63) is 52.1 Å². The summed E-state index contributed by atoms with van der Waals surface area (Å²) >= 11 is 11.8. The van der Waals surface area contributed by atoms with Gasteiger partial charge in [-0.3, -0.25) is 4.79 Å². The number of carbonyl (C=O) groups excluding carboxylic acids is 1. The molecule has 1 aromatic heterocycles. The third-order valence-electron chi connectivity index (χ3n) is 2.41. The molecule has 1 heterocycles. The van der Waals surface area contributed by atoms with Gasteiger partial charge in [-0.2, -0.15) is 0 Å². The van der Waals surface area contributed by atoms with E-state index in [1.807, 2.05) is 0 Å². The van der Waals surface area contributed by atoms with E-state index in [-0.39, 0.29) is 5.91 Å². The normalized spacial score (nSPS) is 10.1. The second-order valence-electron chi connectivity index (χ2n) is 3.76. The number of amides is 1. The molecule has 0 aliphatic heterocycles. The van der Waals surface area contributed by atoms with E-state index >= 15 is 0 Å². The van der Waals surface area contributed by atoms with Gasteiger partial charge in [0.2, 0.25) is 0 Å². The smallest absolute Gasteiger partial charge is 0.259 e. The molecule has 2 rings (SSSR count). The summed E-state index contributed by atoms with van der Waals surface area (Å²) < 4.78 is 0. The Labute approximate surface area is 120 Å². The van der Waals surface area contributed by atoms with Crippen LogP contribution in [0.15, 0.2) is 36.5 Å². The highest BCUT2D eigenvalue weighted by Crippen LogP contribution is 2.23. The maximum Gasteiger partial charge on any atom is 0.259 e. The van der Waals surface area contributed by atoms with Gasteiger partial charge in [0.1, 0.15) is 5.82 Å². The summed E-state index contributed by atoms with van der Waals surface area (Å²) in [5, 5.41) is 6.51. The number of hydrogen-bond acceptors (Lipinski definition) is 3. The molecule has 98 valence electrons. The Kier molecular flexibility index (Phi) is 4.24. The van der Waals surface area contributed by atoms with Crippen molar-refractivity contribution < 1.29 is 4.79 Å². The number of benzene rings is 1. The van der Waals surface area contributed by atoms with E-state index in [1.54, 1.807) is 43.6 Å². The third kappa shape index (κ3) is 3.36. The summed E-state index contributed by atoms with van der Waals surface area (Å²) in [6.07, 6.45) is 1.61. The molecule has 0 radical (unpaired) electrons. The first-order valence-corrected chi connectivity index (χ1v) is 6.26. The van der Waals surface area contributed by atoms with Crippen LogP contribution < -0.4 is 10.6 Å². The molecule has 0 atom stereocenters. The Hall–Kier alpha value is -1.78. The molecule has 2 aromatic rings. The van der Waals surface area contributed by atoms with Gasteiger partial charge >= 0.3 is 0 Å². The molecular formula is C13H11Cl2N3O. The van der Waals surface area contributed by atoms with E-state index in [0.29, 0.717) is 27.1 Å². The molecule has 4 nitrogen and oxygen atoms in total. The van der Waals surface area contributed by atoms with Crippen LogP contribution in [0.3, 0.4) is 0 Å². The molecule has 0 bridgehead atoms. The largest absolute Gasteiger partial charge is 0.372 e. The van der Waals surface area contributed by atoms with Crippen LogP contribution in [0.25, 0.3) is 0 Å². The van der Waals surface area contributed by atoms with Gasteiger partial charge in [-0.15, -0.1) is 0 Å².